The summed E-state index contributed by atoms with van der Waals surface area (Å²) in [6.07, 6.45) is 1.71. The summed E-state index contributed by atoms with van der Waals surface area (Å²) in [7, 11) is 0. The molecule has 162 valence electrons. The van der Waals surface area contributed by atoms with Gasteiger partial charge in [0.05, 0.1) is 17.8 Å². The molecule has 0 N–H and O–H groups in total. The minimum atomic E-state index is -0.406. The molecule has 1 saturated heterocycles. The molecule has 5 nitrogen and oxygen atoms in total. The maximum atomic E-state index is 14.9. The number of ether oxygens (including phenoxy) is 1. The first-order valence-corrected chi connectivity index (χ1v) is 10.9. The highest BCUT2D eigenvalue weighted by atomic mass is 35.5. The van der Waals surface area contributed by atoms with E-state index in [-0.39, 0.29) is 6.10 Å². The lowest BCUT2D eigenvalue weighted by molar-refractivity contribution is 0.0394. The van der Waals surface area contributed by atoms with Crippen LogP contribution in [0.5, 0.6) is 0 Å². The number of morpholine rings is 1. The van der Waals surface area contributed by atoms with Gasteiger partial charge in [0.1, 0.15) is 17.7 Å². The van der Waals surface area contributed by atoms with Gasteiger partial charge in [0.15, 0.2) is 0 Å². The number of nitrogens with zero attached hydrogens (tertiary/aromatic N) is 4. The van der Waals surface area contributed by atoms with Crippen LogP contribution in [0.25, 0.3) is 22.2 Å². The highest BCUT2D eigenvalue weighted by molar-refractivity contribution is 6.30. The van der Waals surface area contributed by atoms with Gasteiger partial charge < -0.3 is 9.64 Å². The highest BCUT2D eigenvalue weighted by Gasteiger charge is 2.25. The Morgan fingerprint density at radius 3 is 2.72 bits per heavy atom. The second-order valence-electron chi connectivity index (χ2n) is 8.01. The van der Waals surface area contributed by atoms with Gasteiger partial charge in [0.25, 0.3) is 0 Å². The summed E-state index contributed by atoms with van der Waals surface area (Å²) >= 11 is 5.98. The van der Waals surface area contributed by atoms with Gasteiger partial charge in [-0.3, -0.25) is 9.97 Å². The number of anilines is 1. The molecule has 0 radical (unpaired) electrons. The van der Waals surface area contributed by atoms with Gasteiger partial charge in [-0.2, -0.15) is 0 Å². The minimum absolute atomic E-state index is 0.0934. The zero-order valence-corrected chi connectivity index (χ0v) is 18.6. The molecule has 5 rings (SSSR count). The molecule has 3 aromatic heterocycles. The van der Waals surface area contributed by atoms with E-state index in [2.05, 4.69) is 9.88 Å². The fourth-order valence-electron chi connectivity index (χ4n) is 4.09. The summed E-state index contributed by atoms with van der Waals surface area (Å²) in [5, 5.41) is 1.15. The molecule has 0 amide bonds. The van der Waals surface area contributed by atoms with Crippen molar-refractivity contribution in [3.05, 3.63) is 82.5 Å². The lowest BCUT2D eigenvalue weighted by atomic mass is 10.0. The number of hydrogen-bond donors (Lipinski definition) is 0. The number of aryl methyl sites for hydroxylation is 2. The largest absolute Gasteiger partial charge is 0.370 e. The van der Waals surface area contributed by atoms with Gasteiger partial charge in [0.2, 0.25) is 0 Å². The summed E-state index contributed by atoms with van der Waals surface area (Å²) in [6.45, 7) is 5.80. The van der Waals surface area contributed by atoms with Gasteiger partial charge in [0, 0.05) is 52.7 Å². The molecule has 1 fully saturated rings. The van der Waals surface area contributed by atoms with E-state index in [1.165, 1.54) is 6.07 Å². The van der Waals surface area contributed by atoms with Crippen LogP contribution in [0.4, 0.5) is 10.2 Å². The Balaban J connectivity index is 1.59. The smallest absolute Gasteiger partial charge is 0.134 e. The number of benzene rings is 1. The Morgan fingerprint density at radius 1 is 1.03 bits per heavy atom. The molecule has 1 aromatic carbocycles. The minimum Gasteiger partial charge on any atom is -0.370 e. The second-order valence-corrected chi connectivity index (χ2v) is 8.44. The lowest BCUT2D eigenvalue weighted by Gasteiger charge is -2.34. The van der Waals surface area contributed by atoms with E-state index < -0.39 is 5.82 Å². The Kier molecular flexibility index (Phi) is 5.49. The van der Waals surface area contributed by atoms with Crippen LogP contribution in [0, 0.1) is 19.7 Å². The van der Waals surface area contributed by atoms with Crippen molar-refractivity contribution in [1.82, 2.24) is 15.0 Å². The maximum absolute atomic E-state index is 14.9. The van der Waals surface area contributed by atoms with E-state index >= 15 is 0 Å². The van der Waals surface area contributed by atoms with Gasteiger partial charge >= 0.3 is 0 Å². The van der Waals surface area contributed by atoms with E-state index in [0.717, 1.165) is 33.7 Å². The molecule has 4 heterocycles. The molecule has 4 aromatic rings. The van der Waals surface area contributed by atoms with E-state index in [0.29, 0.717) is 36.0 Å². The molecule has 1 aliphatic heterocycles. The van der Waals surface area contributed by atoms with E-state index in [1.807, 2.05) is 44.2 Å². The van der Waals surface area contributed by atoms with Crippen LogP contribution < -0.4 is 4.90 Å². The maximum Gasteiger partial charge on any atom is 0.134 e. The third kappa shape index (κ3) is 4.04. The van der Waals surface area contributed by atoms with Crippen molar-refractivity contribution >= 4 is 28.3 Å². The van der Waals surface area contributed by atoms with Crippen molar-refractivity contribution in [2.75, 3.05) is 24.6 Å². The van der Waals surface area contributed by atoms with Crippen LogP contribution in [0.15, 0.2) is 54.7 Å². The van der Waals surface area contributed by atoms with E-state index in [4.69, 9.17) is 26.3 Å². The molecule has 32 heavy (non-hydrogen) atoms. The van der Waals surface area contributed by atoms with Crippen molar-refractivity contribution in [3.8, 4) is 11.3 Å². The van der Waals surface area contributed by atoms with Crippen LogP contribution in [0.1, 0.15) is 23.1 Å². The third-order valence-corrected chi connectivity index (χ3v) is 5.92. The van der Waals surface area contributed by atoms with Crippen LogP contribution in [0.3, 0.4) is 0 Å². The number of hydrogen-bond acceptors (Lipinski definition) is 5. The quantitative estimate of drug-likeness (QED) is 0.403. The van der Waals surface area contributed by atoms with Crippen LogP contribution in [-0.2, 0) is 4.74 Å². The Bertz CT molecular complexity index is 1310. The van der Waals surface area contributed by atoms with Crippen molar-refractivity contribution in [2.45, 2.75) is 20.0 Å². The van der Waals surface area contributed by atoms with Gasteiger partial charge in [-0.15, -0.1) is 0 Å². The van der Waals surface area contributed by atoms with Gasteiger partial charge in [-0.05, 0) is 61.9 Å². The summed E-state index contributed by atoms with van der Waals surface area (Å²) < 4.78 is 20.9. The summed E-state index contributed by atoms with van der Waals surface area (Å²) in [5.41, 5.74) is 4.67. The highest BCUT2D eigenvalue weighted by Crippen LogP contribution is 2.34. The standard InChI is InChI=1S/C25H22ClFN4O/c1-15-3-5-20-22(29-15)13-24(30-25(20)19-6-4-18(26)12-21(19)27)31-9-10-32-23(14-31)17-7-8-28-16(2)11-17/h3-8,11-13,23H,9-10,14H2,1-2H3/t23-/m0/s1. The SMILES string of the molecule is Cc1cc([C@@H]2CN(c3cc4nc(C)ccc4c(-c4ccc(Cl)cc4F)n3)CCO2)ccn1. The third-order valence-electron chi connectivity index (χ3n) is 5.68. The average molecular weight is 449 g/mol. The molecule has 0 unspecified atom stereocenters. The average Bonchev–Trinajstić information content (AvgIpc) is 2.78. The van der Waals surface area contributed by atoms with E-state index in [9.17, 15) is 4.39 Å². The predicted octanol–water partition coefficient (Wildman–Crippen LogP) is 5.68. The zero-order chi connectivity index (χ0) is 22.2. The number of halogens is 2. The van der Waals surface area contributed by atoms with E-state index in [1.54, 1.807) is 18.3 Å². The molecule has 1 aliphatic rings. The fraction of sp³-hybridized carbons (Fsp3) is 0.240. The molecule has 0 spiro atoms. The predicted molar refractivity (Wildman–Crippen MR) is 125 cm³/mol. The molecular formula is C25H22ClFN4O. The number of aromatic nitrogens is 3. The van der Waals surface area contributed by atoms with Gasteiger partial charge in [-0.25, -0.2) is 9.37 Å². The normalized spacial score (nSPS) is 16.5. The summed E-state index contributed by atoms with van der Waals surface area (Å²) in [6, 6.07) is 14.5. The molecule has 0 saturated carbocycles. The molecule has 0 bridgehead atoms. The first kappa shape index (κ1) is 20.8. The Hall–Kier alpha value is -3.09. The van der Waals surface area contributed by atoms with Crippen molar-refractivity contribution in [1.29, 1.82) is 0 Å². The van der Waals surface area contributed by atoms with Crippen LogP contribution in [0.2, 0.25) is 5.02 Å². The molecule has 0 aliphatic carbocycles. The Morgan fingerprint density at radius 2 is 1.91 bits per heavy atom. The van der Waals surface area contributed by atoms with Crippen LogP contribution in [-0.4, -0.2) is 34.6 Å². The first-order chi connectivity index (χ1) is 15.5. The summed E-state index contributed by atoms with van der Waals surface area (Å²) in [4.78, 5) is 16.0. The van der Waals surface area contributed by atoms with Crippen molar-refractivity contribution in [3.63, 3.8) is 0 Å². The number of rotatable bonds is 3. The summed E-state index contributed by atoms with van der Waals surface area (Å²) in [5.74, 6) is 0.343. The molecular weight excluding hydrogens is 427 g/mol. The first-order valence-electron chi connectivity index (χ1n) is 10.5. The second kappa shape index (κ2) is 8.45. The fourth-order valence-corrected chi connectivity index (χ4v) is 4.25. The Labute approximate surface area is 190 Å². The molecule has 7 heteroatoms. The number of fused-ring (bicyclic) bond motifs is 1. The van der Waals surface area contributed by atoms with Crippen LogP contribution >= 0.6 is 11.6 Å². The number of pyridine rings is 3. The lowest BCUT2D eigenvalue weighted by Crippen LogP contribution is -2.39. The van der Waals surface area contributed by atoms with Crippen molar-refractivity contribution < 1.29 is 9.13 Å². The van der Waals surface area contributed by atoms with Crippen molar-refractivity contribution in [2.24, 2.45) is 0 Å². The monoisotopic (exact) mass is 448 g/mol. The zero-order valence-electron chi connectivity index (χ0n) is 17.8. The topological polar surface area (TPSA) is 51.1 Å². The molecule has 1 atom stereocenters. The van der Waals surface area contributed by atoms with Gasteiger partial charge in [-0.1, -0.05) is 11.6 Å².